The molecule has 8 nitrogen and oxygen atoms in total. The Morgan fingerprint density at radius 1 is 0.930 bits per heavy atom. The van der Waals surface area contributed by atoms with Crippen molar-refractivity contribution in [2.75, 3.05) is 13.2 Å². The van der Waals surface area contributed by atoms with E-state index >= 15 is 0 Å². The van der Waals surface area contributed by atoms with Crippen molar-refractivity contribution in [2.45, 2.75) is 136 Å². The highest BCUT2D eigenvalue weighted by Crippen LogP contribution is 2.76. The lowest BCUT2D eigenvalue weighted by Gasteiger charge is -2.71. The Hall–Kier alpha value is -1.03. The summed E-state index contributed by atoms with van der Waals surface area (Å²) in [4.78, 5) is 12.9. The van der Waals surface area contributed by atoms with Crippen LogP contribution in [0.4, 0.5) is 0 Å². The fraction of sp³-hybridized carbons (Fsp3) is 0.914. The van der Waals surface area contributed by atoms with E-state index in [1.54, 1.807) is 0 Å². The fourth-order valence-electron chi connectivity index (χ4n) is 11.9. The molecule has 244 valence electrons. The van der Waals surface area contributed by atoms with Gasteiger partial charge in [-0.2, -0.15) is 0 Å². The lowest BCUT2D eigenvalue weighted by Crippen LogP contribution is -2.66. The van der Waals surface area contributed by atoms with Crippen LogP contribution in [-0.4, -0.2) is 75.4 Å². The second-order valence-electron chi connectivity index (χ2n) is 17.3. The molecule has 0 radical (unpaired) electrons. The first-order valence-corrected chi connectivity index (χ1v) is 16.9. The number of carboxylic acids is 1. The third kappa shape index (κ3) is 4.32. The van der Waals surface area contributed by atoms with Crippen LogP contribution in [0.1, 0.15) is 106 Å². The van der Waals surface area contributed by atoms with Crippen molar-refractivity contribution in [1.82, 2.24) is 0 Å². The Morgan fingerprint density at radius 2 is 1.63 bits per heavy atom. The van der Waals surface area contributed by atoms with Gasteiger partial charge in [0.25, 0.3) is 0 Å². The van der Waals surface area contributed by atoms with Crippen LogP contribution in [-0.2, 0) is 14.3 Å². The Labute approximate surface area is 257 Å². The number of ether oxygens (including phenoxy) is 2. The third-order valence-electron chi connectivity index (χ3n) is 14.9. The standard InChI is InChI=1S/C35H56O8/c1-30(2)13-15-35(29(40)41)16-14-33(5)20(21(35)17-30)7-8-24-31(3)11-10-25(43-28-27(39)26(38)22(37)18-42-28)32(4,19-36)23(31)9-12-34(24,33)6/h7,21-28,36-39H,8-19H2,1-6H3,(H,40,41)/t21-,22-,23+,24+,25?,26-,27+,28-,31-,32-,33+,34+,35-/m0/s1. The summed E-state index contributed by atoms with van der Waals surface area (Å²) in [6.07, 6.45) is 6.03. The molecule has 0 bridgehead atoms. The molecule has 43 heavy (non-hydrogen) atoms. The van der Waals surface area contributed by atoms with Gasteiger partial charge in [0.15, 0.2) is 6.29 Å². The summed E-state index contributed by atoms with van der Waals surface area (Å²) in [5, 5.41) is 52.3. The first kappa shape index (κ1) is 31.9. The number of aliphatic hydroxyl groups excluding tert-OH is 4. The lowest BCUT2D eigenvalue weighted by molar-refractivity contribution is -0.312. The predicted octanol–water partition coefficient (Wildman–Crippen LogP) is 4.67. The van der Waals surface area contributed by atoms with Gasteiger partial charge in [-0.05, 0) is 104 Å². The van der Waals surface area contributed by atoms with Gasteiger partial charge in [0, 0.05) is 5.41 Å². The summed E-state index contributed by atoms with van der Waals surface area (Å²) in [5.74, 6) is 0.0529. The molecule has 0 aromatic rings. The lowest BCUT2D eigenvalue weighted by atomic mass is 9.33. The third-order valence-corrected chi connectivity index (χ3v) is 14.9. The Balaban J connectivity index is 1.32. The molecule has 6 rings (SSSR count). The van der Waals surface area contributed by atoms with E-state index < -0.39 is 41.4 Å². The quantitative estimate of drug-likeness (QED) is 0.231. The van der Waals surface area contributed by atoms with E-state index in [9.17, 15) is 30.3 Å². The molecule has 0 amide bonds. The maximum Gasteiger partial charge on any atom is 0.310 e. The van der Waals surface area contributed by atoms with Gasteiger partial charge in [-0.15, -0.1) is 0 Å². The Kier molecular flexibility index (Phi) is 7.60. The number of aliphatic carboxylic acids is 1. The molecule has 5 fully saturated rings. The minimum absolute atomic E-state index is 0.0154. The molecule has 6 aliphatic rings. The highest BCUT2D eigenvalue weighted by atomic mass is 16.7. The van der Waals surface area contributed by atoms with Crippen molar-refractivity contribution in [1.29, 1.82) is 0 Å². The number of carbonyl (C=O) groups is 1. The average Bonchev–Trinajstić information content (AvgIpc) is 2.94. The zero-order valence-electron chi connectivity index (χ0n) is 27.1. The molecule has 0 aromatic carbocycles. The summed E-state index contributed by atoms with van der Waals surface area (Å²) in [5.41, 5.74) is 0.232. The van der Waals surface area contributed by atoms with Crippen LogP contribution in [0.2, 0.25) is 0 Å². The van der Waals surface area contributed by atoms with Crippen LogP contribution in [0.3, 0.4) is 0 Å². The number of fused-ring (bicyclic) bond motifs is 7. The van der Waals surface area contributed by atoms with Gasteiger partial charge in [-0.1, -0.05) is 53.2 Å². The highest BCUT2D eigenvalue weighted by Gasteiger charge is 2.70. The van der Waals surface area contributed by atoms with E-state index in [0.717, 1.165) is 57.8 Å². The first-order chi connectivity index (χ1) is 20.0. The summed E-state index contributed by atoms with van der Waals surface area (Å²) < 4.78 is 12.0. The number of carboxylic acid groups (broad SMARTS) is 1. The molecule has 1 heterocycles. The maximum absolute atomic E-state index is 12.9. The van der Waals surface area contributed by atoms with E-state index in [-0.39, 0.29) is 52.8 Å². The van der Waals surface area contributed by atoms with Gasteiger partial charge in [0.1, 0.15) is 18.3 Å². The monoisotopic (exact) mass is 604 g/mol. The van der Waals surface area contributed by atoms with E-state index in [1.807, 2.05) is 0 Å². The van der Waals surface area contributed by atoms with Crippen LogP contribution in [0, 0.1) is 50.2 Å². The predicted molar refractivity (Wildman–Crippen MR) is 161 cm³/mol. The van der Waals surface area contributed by atoms with Gasteiger partial charge >= 0.3 is 5.97 Å². The minimum Gasteiger partial charge on any atom is -0.481 e. The second kappa shape index (κ2) is 10.2. The van der Waals surface area contributed by atoms with Crippen LogP contribution in [0.15, 0.2) is 11.6 Å². The van der Waals surface area contributed by atoms with Crippen LogP contribution in [0.5, 0.6) is 0 Å². The zero-order chi connectivity index (χ0) is 31.4. The molecule has 5 aliphatic carbocycles. The van der Waals surface area contributed by atoms with Crippen molar-refractivity contribution in [2.24, 2.45) is 50.2 Å². The molecule has 4 saturated carbocycles. The molecular weight excluding hydrogens is 548 g/mol. The van der Waals surface area contributed by atoms with E-state index in [4.69, 9.17) is 9.47 Å². The SMILES string of the molecule is CC1(C)CC[C@]2(C(=O)O)CC[C@]3(C)C(=CC[C@@H]4[C@@]5(C)CCC(O[C@@H]6OC[C@H](O)[C@H](O)[C@H]6O)[C@@](C)(CO)[C@@H]5CC[C@]43C)[C@@H]2C1. The Morgan fingerprint density at radius 3 is 2.30 bits per heavy atom. The van der Waals surface area contributed by atoms with Gasteiger partial charge in [0.2, 0.25) is 0 Å². The molecule has 8 heteroatoms. The molecular formula is C35H56O8. The molecule has 1 aliphatic heterocycles. The zero-order valence-corrected chi connectivity index (χ0v) is 27.1. The summed E-state index contributed by atoms with van der Waals surface area (Å²) in [6, 6.07) is 0. The number of allylic oxidation sites excluding steroid dienone is 2. The smallest absolute Gasteiger partial charge is 0.310 e. The van der Waals surface area contributed by atoms with Crippen molar-refractivity contribution in [3.8, 4) is 0 Å². The second-order valence-corrected chi connectivity index (χ2v) is 17.3. The van der Waals surface area contributed by atoms with Crippen LogP contribution in [0.25, 0.3) is 0 Å². The van der Waals surface area contributed by atoms with Crippen molar-refractivity contribution < 1.29 is 39.8 Å². The average molecular weight is 605 g/mol. The number of rotatable bonds is 4. The normalized spacial score (nSPS) is 54.3. The topological polar surface area (TPSA) is 137 Å². The van der Waals surface area contributed by atoms with E-state index in [1.165, 1.54) is 5.57 Å². The van der Waals surface area contributed by atoms with E-state index in [2.05, 4.69) is 47.6 Å². The van der Waals surface area contributed by atoms with Gasteiger partial charge < -0.3 is 35.0 Å². The Bertz CT molecular complexity index is 1150. The van der Waals surface area contributed by atoms with Gasteiger partial charge in [0.05, 0.1) is 24.7 Å². The van der Waals surface area contributed by atoms with Crippen molar-refractivity contribution in [3.05, 3.63) is 11.6 Å². The van der Waals surface area contributed by atoms with Crippen molar-refractivity contribution >= 4 is 5.97 Å². The molecule has 1 saturated heterocycles. The molecule has 13 atom stereocenters. The molecule has 0 aromatic heterocycles. The van der Waals surface area contributed by atoms with Crippen LogP contribution >= 0.6 is 0 Å². The largest absolute Gasteiger partial charge is 0.481 e. The molecule has 5 N–H and O–H groups in total. The number of hydrogen-bond donors (Lipinski definition) is 5. The molecule has 0 spiro atoms. The maximum atomic E-state index is 12.9. The summed E-state index contributed by atoms with van der Waals surface area (Å²) >= 11 is 0. The first-order valence-electron chi connectivity index (χ1n) is 16.9. The van der Waals surface area contributed by atoms with Gasteiger partial charge in [-0.3, -0.25) is 4.79 Å². The molecule has 1 unspecified atom stereocenters. The highest BCUT2D eigenvalue weighted by molar-refractivity contribution is 5.76. The number of aliphatic hydroxyl groups is 4. The summed E-state index contributed by atoms with van der Waals surface area (Å²) in [7, 11) is 0. The minimum atomic E-state index is -1.36. The van der Waals surface area contributed by atoms with E-state index in [0.29, 0.717) is 12.3 Å². The fourth-order valence-corrected chi connectivity index (χ4v) is 11.9. The number of hydrogen-bond acceptors (Lipinski definition) is 7. The summed E-state index contributed by atoms with van der Waals surface area (Å²) in [6.45, 7) is 13.9. The van der Waals surface area contributed by atoms with Crippen molar-refractivity contribution in [3.63, 3.8) is 0 Å². The van der Waals surface area contributed by atoms with Gasteiger partial charge in [-0.25, -0.2) is 0 Å². The van der Waals surface area contributed by atoms with Crippen LogP contribution < -0.4 is 0 Å².